The van der Waals surface area contributed by atoms with Crippen molar-refractivity contribution in [3.63, 3.8) is 0 Å². The van der Waals surface area contributed by atoms with E-state index in [4.69, 9.17) is 0 Å². The number of carbonyl (C=O) groups is 1. The molecule has 1 heterocycles. The summed E-state index contributed by atoms with van der Waals surface area (Å²) < 4.78 is 1.45. The topological polar surface area (TPSA) is 55.1 Å². The van der Waals surface area contributed by atoms with Gasteiger partial charge in [0.15, 0.2) is 5.70 Å². The van der Waals surface area contributed by atoms with Crippen molar-refractivity contribution in [2.24, 2.45) is 0 Å². The first-order valence-corrected chi connectivity index (χ1v) is 6.19. The lowest BCUT2D eigenvalue weighted by molar-refractivity contribution is -0.130. The Morgan fingerprint density at radius 1 is 1.05 bits per heavy atom. The first kappa shape index (κ1) is 12.2. The summed E-state index contributed by atoms with van der Waals surface area (Å²) in [5.41, 5.74) is 1.72. The monoisotopic (exact) mass is 264 g/mol. The summed E-state index contributed by atoms with van der Waals surface area (Å²) in [6.07, 6.45) is 3.28. The number of carboxylic acid groups (broad SMARTS) is 1. The summed E-state index contributed by atoms with van der Waals surface area (Å²) in [6.45, 7) is 0. The second-order valence-corrected chi connectivity index (χ2v) is 4.36. The number of rotatable bonds is 3. The number of carboxylic acids is 1. The van der Waals surface area contributed by atoms with Gasteiger partial charge in [-0.15, -0.1) is 0 Å². The van der Waals surface area contributed by atoms with Gasteiger partial charge in [0.2, 0.25) is 0 Å². The normalized spacial score (nSPS) is 11.7. The van der Waals surface area contributed by atoms with E-state index in [1.807, 2.05) is 54.6 Å². The van der Waals surface area contributed by atoms with Gasteiger partial charge in [-0.05, 0) is 17.7 Å². The van der Waals surface area contributed by atoms with Gasteiger partial charge in [0, 0.05) is 5.39 Å². The number of nitrogens with zero attached hydrogens (tertiary/aromatic N) is 2. The molecule has 0 saturated heterocycles. The van der Waals surface area contributed by atoms with Crippen molar-refractivity contribution in [3.8, 4) is 0 Å². The molecule has 20 heavy (non-hydrogen) atoms. The van der Waals surface area contributed by atoms with E-state index in [0.717, 1.165) is 16.5 Å². The van der Waals surface area contributed by atoms with Gasteiger partial charge in [-0.2, -0.15) is 5.10 Å². The van der Waals surface area contributed by atoms with E-state index in [2.05, 4.69) is 5.10 Å². The zero-order valence-corrected chi connectivity index (χ0v) is 10.6. The van der Waals surface area contributed by atoms with Crippen LogP contribution in [0.3, 0.4) is 0 Å². The lowest BCUT2D eigenvalue weighted by atomic mass is 10.2. The van der Waals surface area contributed by atoms with Gasteiger partial charge in [-0.1, -0.05) is 48.5 Å². The lowest BCUT2D eigenvalue weighted by Crippen LogP contribution is -2.08. The Kier molecular flexibility index (Phi) is 3.05. The zero-order chi connectivity index (χ0) is 13.9. The highest BCUT2D eigenvalue weighted by atomic mass is 16.4. The number of hydrogen-bond donors (Lipinski definition) is 1. The van der Waals surface area contributed by atoms with Gasteiger partial charge in [0.1, 0.15) is 0 Å². The van der Waals surface area contributed by atoms with Crippen molar-refractivity contribution in [1.29, 1.82) is 0 Å². The third kappa shape index (κ3) is 2.19. The molecule has 98 valence electrons. The van der Waals surface area contributed by atoms with Crippen molar-refractivity contribution < 1.29 is 9.90 Å². The Balaban J connectivity index is 2.17. The van der Waals surface area contributed by atoms with Crippen molar-refractivity contribution in [3.05, 3.63) is 66.4 Å². The number of hydrogen-bond acceptors (Lipinski definition) is 2. The van der Waals surface area contributed by atoms with Crippen LogP contribution in [0.2, 0.25) is 0 Å². The molecule has 0 aliphatic rings. The second-order valence-electron chi connectivity index (χ2n) is 4.36. The van der Waals surface area contributed by atoms with E-state index >= 15 is 0 Å². The molecule has 4 heteroatoms. The van der Waals surface area contributed by atoms with Crippen LogP contribution in [-0.2, 0) is 4.79 Å². The van der Waals surface area contributed by atoms with Gasteiger partial charge < -0.3 is 5.11 Å². The molecule has 4 nitrogen and oxygen atoms in total. The minimum absolute atomic E-state index is 0.123. The Hall–Kier alpha value is -2.88. The smallest absolute Gasteiger partial charge is 0.354 e. The number of aliphatic carboxylic acids is 1. The highest BCUT2D eigenvalue weighted by Crippen LogP contribution is 2.19. The number of aromatic nitrogens is 2. The zero-order valence-electron chi connectivity index (χ0n) is 10.6. The molecule has 0 aliphatic heterocycles. The van der Waals surface area contributed by atoms with Crippen molar-refractivity contribution in [2.45, 2.75) is 0 Å². The van der Waals surface area contributed by atoms with E-state index in [9.17, 15) is 9.90 Å². The molecular formula is C16H12N2O2. The van der Waals surface area contributed by atoms with Gasteiger partial charge in [0.05, 0.1) is 11.7 Å². The maximum absolute atomic E-state index is 11.5. The molecule has 1 aromatic heterocycles. The van der Waals surface area contributed by atoms with Gasteiger partial charge >= 0.3 is 5.97 Å². The highest BCUT2D eigenvalue weighted by Gasteiger charge is 2.13. The number of benzene rings is 2. The molecule has 0 unspecified atom stereocenters. The second kappa shape index (κ2) is 5.01. The van der Waals surface area contributed by atoms with Crippen LogP contribution in [0.15, 0.2) is 60.8 Å². The van der Waals surface area contributed by atoms with Crippen LogP contribution in [0.1, 0.15) is 5.56 Å². The molecule has 0 radical (unpaired) electrons. The molecule has 0 spiro atoms. The average Bonchev–Trinajstić information content (AvgIpc) is 2.89. The third-order valence-corrected chi connectivity index (χ3v) is 3.03. The van der Waals surface area contributed by atoms with E-state index in [1.165, 1.54) is 4.68 Å². The van der Waals surface area contributed by atoms with E-state index in [-0.39, 0.29) is 5.70 Å². The molecule has 0 aliphatic carbocycles. The van der Waals surface area contributed by atoms with E-state index in [0.29, 0.717) is 0 Å². The standard InChI is InChI=1S/C16H12N2O2/c19-16(20)15(10-12-6-2-1-3-7-12)18-14-9-5-4-8-13(14)11-17-18/h1-11H,(H,19,20)/b15-10+. The van der Waals surface area contributed by atoms with Crippen molar-refractivity contribution in [2.75, 3.05) is 0 Å². The molecule has 0 fully saturated rings. The van der Waals surface area contributed by atoms with Crippen LogP contribution in [0.4, 0.5) is 0 Å². The fourth-order valence-electron chi connectivity index (χ4n) is 2.08. The maximum atomic E-state index is 11.5. The molecule has 3 rings (SSSR count). The molecule has 0 saturated carbocycles. The third-order valence-electron chi connectivity index (χ3n) is 3.03. The van der Waals surface area contributed by atoms with Crippen LogP contribution in [-0.4, -0.2) is 20.9 Å². The number of para-hydroxylation sites is 1. The summed E-state index contributed by atoms with van der Waals surface area (Å²) >= 11 is 0. The highest BCUT2D eigenvalue weighted by molar-refractivity contribution is 6.15. The van der Waals surface area contributed by atoms with Crippen molar-refractivity contribution >= 4 is 28.6 Å². The summed E-state index contributed by atoms with van der Waals surface area (Å²) in [6, 6.07) is 16.9. The summed E-state index contributed by atoms with van der Waals surface area (Å²) in [5, 5.41) is 14.5. The SMILES string of the molecule is O=C(O)/C(=C\c1ccccc1)n1ncc2ccccc21. The van der Waals surface area contributed by atoms with E-state index in [1.54, 1.807) is 12.3 Å². The van der Waals surface area contributed by atoms with E-state index < -0.39 is 5.97 Å². The van der Waals surface area contributed by atoms with Crippen LogP contribution >= 0.6 is 0 Å². The Morgan fingerprint density at radius 2 is 1.75 bits per heavy atom. The molecule has 0 atom stereocenters. The molecule has 0 amide bonds. The number of fused-ring (bicyclic) bond motifs is 1. The van der Waals surface area contributed by atoms with Gasteiger partial charge in [0.25, 0.3) is 0 Å². The molecule has 0 bridgehead atoms. The lowest BCUT2D eigenvalue weighted by Gasteiger charge is -2.04. The summed E-state index contributed by atoms with van der Waals surface area (Å²) in [4.78, 5) is 11.5. The van der Waals surface area contributed by atoms with Crippen LogP contribution < -0.4 is 0 Å². The Morgan fingerprint density at radius 3 is 2.50 bits per heavy atom. The van der Waals surface area contributed by atoms with Crippen LogP contribution in [0.5, 0.6) is 0 Å². The molecule has 2 aromatic carbocycles. The minimum Gasteiger partial charge on any atom is -0.477 e. The average molecular weight is 264 g/mol. The first-order valence-electron chi connectivity index (χ1n) is 6.19. The van der Waals surface area contributed by atoms with Gasteiger partial charge in [-0.3, -0.25) is 0 Å². The minimum atomic E-state index is -1.01. The van der Waals surface area contributed by atoms with Crippen molar-refractivity contribution in [1.82, 2.24) is 9.78 Å². The molecular weight excluding hydrogens is 252 g/mol. The first-order chi connectivity index (χ1) is 9.75. The summed E-state index contributed by atoms with van der Waals surface area (Å²) in [7, 11) is 0. The molecule has 1 N–H and O–H groups in total. The molecule has 3 aromatic rings. The fourth-order valence-corrected chi connectivity index (χ4v) is 2.08. The quantitative estimate of drug-likeness (QED) is 0.739. The maximum Gasteiger partial charge on any atom is 0.354 e. The fraction of sp³-hybridized carbons (Fsp3) is 0. The predicted octanol–water partition coefficient (Wildman–Crippen LogP) is 3.12. The van der Waals surface area contributed by atoms with Gasteiger partial charge in [-0.25, -0.2) is 9.48 Å². The Bertz CT molecular complexity index is 788. The van der Waals surface area contributed by atoms with Crippen LogP contribution in [0.25, 0.3) is 22.7 Å². The summed E-state index contributed by atoms with van der Waals surface area (Å²) in [5.74, 6) is -1.01. The van der Waals surface area contributed by atoms with Crippen LogP contribution in [0, 0.1) is 0 Å². The largest absolute Gasteiger partial charge is 0.477 e. The Labute approximate surface area is 115 Å². The predicted molar refractivity (Wildman–Crippen MR) is 78.0 cm³/mol.